The minimum atomic E-state index is 0.159. The highest BCUT2D eigenvalue weighted by Crippen LogP contribution is 2.25. The van der Waals surface area contributed by atoms with Crippen molar-refractivity contribution in [3.8, 4) is 0 Å². The van der Waals surface area contributed by atoms with Crippen LogP contribution < -0.4 is 10.6 Å². The van der Waals surface area contributed by atoms with E-state index in [0.717, 1.165) is 31.2 Å². The number of oxime groups is 1. The fourth-order valence-corrected chi connectivity index (χ4v) is 3.13. The molecular formula is C14H20N4O. The Morgan fingerprint density at radius 3 is 2.74 bits per heavy atom. The van der Waals surface area contributed by atoms with Gasteiger partial charge in [0.1, 0.15) is 0 Å². The van der Waals surface area contributed by atoms with Crippen LogP contribution in [0.4, 0.5) is 5.69 Å². The molecule has 1 unspecified atom stereocenters. The number of fused-ring (bicyclic) bond motifs is 1. The molecule has 0 spiro atoms. The first-order valence-electron chi connectivity index (χ1n) is 6.85. The molecule has 2 aliphatic rings. The van der Waals surface area contributed by atoms with Gasteiger partial charge in [-0.25, -0.2) is 0 Å². The average molecular weight is 260 g/mol. The molecule has 2 aliphatic heterocycles. The van der Waals surface area contributed by atoms with Crippen LogP contribution in [0.3, 0.4) is 0 Å². The van der Waals surface area contributed by atoms with E-state index in [-0.39, 0.29) is 5.84 Å². The van der Waals surface area contributed by atoms with E-state index in [4.69, 9.17) is 10.9 Å². The standard InChI is InChI=1S/C14H20N4O/c15-14(16-19)11-3-5-12(6-4-11)18-9-8-17-7-1-2-13(17)10-18/h3-6,13,19H,1-2,7-10H2,(H2,15,16). The van der Waals surface area contributed by atoms with Crippen molar-refractivity contribution in [3.05, 3.63) is 29.8 Å². The Labute approximate surface area is 113 Å². The predicted octanol–water partition coefficient (Wildman–Crippen LogP) is 1.07. The highest BCUT2D eigenvalue weighted by Gasteiger charge is 2.30. The van der Waals surface area contributed by atoms with Gasteiger partial charge in [0.05, 0.1) is 0 Å². The minimum Gasteiger partial charge on any atom is -0.409 e. The molecule has 2 heterocycles. The highest BCUT2D eigenvalue weighted by molar-refractivity contribution is 5.97. The molecule has 2 saturated heterocycles. The summed E-state index contributed by atoms with van der Waals surface area (Å²) in [6.07, 6.45) is 2.65. The Hall–Kier alpha value is -1.75. The second-order valence-electron chi connectivity index (χ2n) is 5.31. The van der Waals surface area contributed by atoms with E-state index in [1.165, 1.54) is 25.1 Å². The first-order chi connectivity index (χ1) is 9.28. The molecule has 0 bridgehead atoms. The van der Waals surface area contributed by atoms with Crippen LogP contribution in [0.5, 0.6) is 0 Å². The summed E-state index contributed by atoms with van der Waals surface area (Å²) in [6, 6.07) is 8.64. The van der Waals surface area contributed by atoms with Crippen molar-refractivity contribution in [1.29, 1.82) is 0 Å². The molecule has 1 aromatic rings. The fraction of sp³-hybridized carbons (Fsp3) is 0.500. The highest BCUT2D eigenvalue weighted by atomic mass is 16.4. The second-order valence-corrected chi connectivity index (χ2v) is 5.31. The van der Waals surface area contributed by atoms with Gasteiger partial charge >= 0.3 is 0 Å². The lowest BCUT2D eigenvalue weighted by molar-refractivity contribution is 0.231. The number of benzene rings is 1. The molecule has 2 fully saturated rings. The number of nitrogens with two attached hydrogens (primary N) is 1. The number of hydrogen-bond donors (Lipinski definition) is 2. The molecule has 0 amide bonds. The van der Waals surface area contributed by atoms with E-state index >= 15 is 0 Å². The third-order valence-electron chi connectivity index (χ3n) is 4.22. The number of hydrogen-bond acceptors (Lipinski definition) is 4. The van der Waals surface area contributed by atoms with E-state index in [2.05, 4.69) is 27.1 Å². The van der Waals surface area contributed by atoms with Gasteiger partial charge in [-0.15, -0.1) is 0 Å². The molecule has 0 radical (unpaired) electrons. The van der Waals surface area contributed by atoms with Gasteiger partial charge in [-0.3, -0.25) is 4.90 Å². The summed E-state index contributed by atoms with van der Waals surface area (Å²) in [5, 5.41) is 11.7. The summed E-state index contributed by atoms with van der Waals surface area (Å²) < 4.78 is 0. The molecule has 0 saturated carbocycles. The molecular weight excluding hydrogens is 240 g/mol. The van der Waals surface area contributed by atoms with Gasteiger partial charge < -0.3 is 15.8 Å². The van der Waals surface area contributed by atoms with Crippen LogP contribution in [0, 0.1) is 0 Å². The number of nitrogens with zero attached hydrogens (tertiary/aromatic N) is 3. The monoisotopic (exact) mass is 260 g/mol. The van der Waals surface area contributed by atoms with Crippen molar-refractivity contribution in [2.75, 3.05) is 31.1 Å². The van der Waals surface area contributed by atoms with Gasteiger partial charge in [0.25, 0.3) is 0 Å². The number of amidine groups is 1. The smallest absolute Gasteiger partial charge is 0.170 e. The Morgan fingerprint density at radius 1 is 1.21 bits per heavy atom. The van der Waals surface area contributed by atoms with Gasteiger partial charge in [0.2, 0.25) is 0 Å². The molecule has 1 atom stereocenters. The lowest BCUT2D eigenvalue weighted by Gasteiger charge is -2.38. The number of piperazine rings is 1. The minimum absolute atomic E-state index is 0.159. The van der Waals surface area contributed by atoms with Crippen LogP contribution in [-0.4, -0.2) is 48.2 Å². The molecule has 3 rings (SSSR count). The molecule has 0 aliphatic carbocycles. The topological polar surface area (TPSA) is 65.1 Å². The second kappa shape index (κ2) is 5.09. The molecule has 19 heavy (non-hydrogen) atoms. The zero-order valence-electron chi connectivity index (χ0n) is 11.0. The van der Waals surface area contributed by atoms with E-state index in [1.807, 2.05) is 12.1 Å². The maximum Gasteiger partial charge on any atom is 0.170 e. The summed E-state index contributed by atoms with van der Waals surface area (Å²) in [4.78, 5) is 5.03. The summed E-state index contributed by atoms with van der Waals surface area (Å²) in [5.74, 6) is 0.159. The van der Waals surface area contributed by atoms with Gasteiger partial charge in [0.15, 0.2) is 5.84 Å². The maximum absolute atomic E-state index is 8.66. The number of anilines is 1. The van der Waals surface area contributed by atoms with Crippen molar-refractivity contribution in [2.24, 2.45) is 10.9 Å². The zero-order chi connectivity index (χ0) is 13.2. The average Bonchev–Trinajstić information content (AvgIpc) is 2.94. The molecule has 3 N–H and O–H groups in total. The van der Waals surface area contributed by atoms with Crippen LogP contribution in [0.25, 0.3) is 0 Å². The first-order valence-corrected chi connectivity index (χ1v) is 6.85. The molecule has 1 aromatic carbocycles. The Kier molecular flexibility index (Phi) is 3.29. The summed E-state index contributed by atoms with van der Waals surface area (Å²) in [7, 11) is 0. The molecule has 5 heteroatoms. The van der Waals surface area contributed by atoms with E-state index in [1.54, 1.807) is 0 Å². The zero-order valence-corrected chi connectivity index (χ0v) is 11.0. The van der Waals surface area contributed by atoms with Gasteiger partial charge in [-0.2, -0.15) is 0 Å². The van der Waals surface area contributed by atoms with Crippen LogP contribution in [0.15, 0.2) is 29.4 Å². The quantitative estimate of drug-likeness (QED) is 0.361. The normalized spacial score (nSPS) is 24.5. The summed E-state index contributed by atoms with van der Waals surface area (Å²) in [6.45, 7) is 4.62. The van der Waals surface area contributed by atoms with Crippen molar-refractivity contribution in [1.82, 2.24) is 4.90 Å². The van der Waals surface area contributed by atoms with Crippen LogP contribution in [0.1, 0.15) is 18.4 Å². The lowest BCUT2D eigenvalue weighted by Crippen LogP contribution is -2.50. The lowest BCUT2D eigenvalue weighted by atomic mass is 10.1. The van der Waals surface area contributed by atoms with Gasteiger partial charge in [0, 0.05) is 36.9 Å². The van der Waals surface area contributed by atoms with E-state index in [9.17, 15) is 0 Å². The Balaban J connectivity index is 1.72. The maximum atomic E-state index is 8.66. The Bertz CT molecular complexity index is 471. The van der Waals surface area contributed by atoms with Crippen molar-refractivity contribution in [3.63, 3.8) is 0 Å². The summed E-state index contributed by atoms with van der Waals surface area (Å²) in [5.41, 5.74) is 7.55. The van der Waals surface area contributed by atoms with Crippen molar-refractivity contribution < 1.29 is 5.21 Å². The van der Waals surface area contributed by atoms with Crippen molar-refractivity contribution in [2.45, 2.75) is 18.9 Å². The third-order valence-corrected chi connectivity index (χ3v) is 4.22. The Morgan fingerprint density at radius 2 is 2.00 bits per heavy atom. The molecule has 102 valence electrons. The first kappa shape index (κ1) is 12.3. The van der Waals surface area contributed by atoms with Gasteiger partial charge in [-0.1, -0.05) is 5.16 Å². The van der Waals surface area contributed by atoms with Crippen molar-refractivity contribution >= 4 is 11.5 Å². The predicted molar refractivity (Wildman–Crippen MR) is 75.8 cm³/mol. The summed E-state index contributed by atoms with van der Waals surface area (Å²) >= 11 is 0. The van der Waals surface area contributed by atoms with E-state index in [0.29, 0.717) is 0 Å². The van der Waals surface area contributed by atoms with Crippen LogP contribution >= 0.6 is 0 Å². The third kappa shape index (κ3) is 2.38. The number of rotatable bonds is 2. The SMILES string of the molecule is NC(=NO)c1ccc(N2CCN3CCCC3C2)cc1. The van der Waals surface area contributed by atoms with Crippen LogP contribution in [-0.2, 0) is 0 Å². The van der Waals surface area contributed by atoms with Crippen LogP contribution in [0.2, 0.25) is 0 Å². The van der Waals surface area contributed by atoms with Gasteiger partial charge in [-0.05, 0) is 43.7 Å². The largest absolute Gasteiger partial charge is 0.409 e. The molecule has 0 aromatic heterocycles. The fourth-order valence-electron chi connectivity index (χ4n) is 3.13. The molecule has 5 nitrogen and oxygen atoms in total. The van der Waals surface area contributed by atoms with E-state index < -0.39 is 0 Å².